The van der Waals surface area contributed by atoms with Crippen LogP contribution < -0.4 is 10.6 Å². The highest BCUT2D eigenvalue weighted by Crippen LogP contribution is 2.19. The lowest BCUT2D eigenvalue weighted by Crippen LogP contribution is -2.30. The Morgan fingerprint density at radius 3 is 3.00 bits per heavy atom. The molecule has 1 aromatic carbocycles. The van der Waals surface area contributed by atoms with Crippen molar-refractivity contribution < 1.29 is 4.79 Å². The van der Waals surface area contributed by atoms with Crippen molar-refractivity contribution in [3.63, 3.8) is 0 Å². The summed E-state index contributed by atoms with van der Waals surface area (Å²) in [4.78, 5) is 15.6. The Hall–Kier alpha value is -2.08. The van der Waals surface area contributed by atoms with Crippen LogP contribution in [0, 0.1) is 6.92 Å². The van der Waals surface area contributed by atoms with Gasteiger partial charge in [0.15, 0.2) is 0 Å². The zero-order valence-corrected chi connectivity index (χ0v) is 11.2. The Bertz CT molecular complexity index is 555. The number of aryl methyl sites for hydroxylation is 1. The van der Waals surface area contributed by atoms with E-state index in [2.05, 4.69) is 25.8 Å². The van der Waals surface area contributed by atoms with Gasteiger partial charge in [-0.25, -0.2) is 9.78 Å². The lowest BCUT2D eigenvalue weighted by Gasteiger charge is -2.08. The average Bonchev–Trinajstić information content (AvgIpc) is 2.87. The molecule has 0 spiro atoms. The summed E-state index contributed by atoms with van der Waals surface area (Å²) in [5.41, 5.74) is 1.63. The van der Waals surface area contributed by atoms with Gasteiger partial charge in [-0.2, -0.15) is 5.10 Å². The third-order valence-electron chi connectivity index (χ3n) is 2.54. The maximum atomic E-state index is 11.6. The van der Waals surface area contributed by atoms with E-state index in [1.165, 1.54) is 6.33 Å². The Morgan fingerprint density at radius 2 is 2.32 bits per heavy atom. The van der Waals surface area contributed by atoms with E-state index in [1.807, 2.05) is 13.0 Å². The number of hydrogen-bond acceptors (Lipinski definition) is 3. The van der Waals surface area contributed by atoms with Gasteiger partial charge in [0.05, 0.1) is 0 Å². The third-order valence-corrected chi connectivity index (χ3v) is 2.95. The van der Waals surface area contributed by atoms with Crippen molar-refractivity contribution in [2.24, 2.45) is 0 Å². The maximum Gasteiger partial charge on any atom is 0.319 e. The molecule has 19 heavy (non-hydrogen) atoms. The predicted octanol–water partition coefficient (Wildman–Crippen LogP) is 2.13. The van der Waals surface area contributed by atoms with Crippen molar-refractivity contribution in [2.45, 2.75) is 13.3 Å². The summed E-state index contributed by atoms with van der Waals surface area (Å²) in [6, 6.07) is 5.09. The molecule has 6 nitrogen and oxygen atoms in total. The first kappa shape index (κ1) is 13.4. The molecule has 2 rings (SSSR count). The molecule has 0 saturated heterocycles. The molecule has 3 N–H and O–H groups in total. The van der Waals surface area contributed by atoms with Gasteiger partial charge in [-0.3, -0.25) is 5.10 Å². The molecule has 0 saturated carbocycles. The number of nitrogens with zero attached hydrogens (tertiary/aromatic N) is 2. The van der Waals surface area contributed by atoms with E-state index in [0.717, 1.165) is 11.4 Å². The predicted molar refractivity (Wildman–Crippen MR) is 73.3 cm³/mol. The molecule has 0 atom stereocenters. The molecule has 1 aromatic heterocycles. The monoisotopic (exact) mass is 279 g/mol. The molecule has 0 unspecified atom stereocenters. The van der Waals surface area contributed by atoms with Crippen LogP contribution in [0.4, 0.5) is 10.5 Å². The normalized spacial score (nSPS) is 10.2. The van der Waals surface area contributed by atoms with Gasteiger partial charge in [-0.05, 0) is 24.6 Å². The number of aromatic nitrogens is 3. The van der Waals surface area contributed by atoms with Gasteiger partial charge in [-0.15, -0.1) is 0 Å². The first-order valence-electron chi connectivity index (χ1n) is 5.80. The summed E-state index contributed by atoms with van der Waals surface area (Å²) in [6.45, 7) is 2.38. The van der Waals surface area contributed by atoms with E-state index in [-0.39, 0.29) is 6.03 Å². The molecular weight excluding hydrogens is 266 g/mol. The number of aromatic amines is 1. The number of rotatable bonds is 4. The fraction of sp³-hybridized carbons (Fsp3) is 0.250. The highest BCUT2D eigenvalue weighted by Gasteiger charge is 2.03. The number of carbonyl (C=O) groups is 1. The Labute approximate surface area is 115 Å². The van der Waals surface area contributed by atoms with Crippen LogP contribution in [0.1, 0.15) is 11.4 Å². The molecule has 2 aromatic rings. The van der Waals surface area contributed by atoms with Crippen molar-refractivity contribution in [1.29, 1.82) is 0 Å². The SMILES string of the molecule is Cc1ccc(NC(=O)NCCc2ncn[nH]2)cc1Cl. The van der Waals surface area contributed by atoms with Crippen molar-refractivity contribution >= 4 is 23.3 Å². The lowest BCUT2D eigenvalue weighted by atomic mass is 10.2. The number of amides is 2. The molecular formula is C12H14ClN5O. The van der Waals surface area contributed by atoms with Crippen LogP contribution in [0.15, 0.2) is 24.5 Å². The molecule has 0 aliphatic carbocycles. The standard InChI is InChI=1S/C12H14ClN5O/c1-8-2-3-9(6-10(8)13)17-12(19)14-5-4-11-15-7-16-18-11/h2-3,6-7H,4-5H2,1H3,(H2,14,17,19)(H,15,16,18). The van der Waals surface area contributed by atoms with Crippen LogP contribution in [0.5, 0.6) is 0 Å². The summed E-state index contributed by atoms with van der Waals surface area (Å²) in [6.07, 6.45) is 2.03. The number of H-pyrrole nitrogens is 1. The minimum absolute atomic E-state index is 0.278. The molecule has 0 radical (unpaired) electrons. The number of halogens is 1. The summed E-state index contributed by atoms with van der Waals surface area (Å²) in [7, 11) is 0. The van der Waals surface area contributed by atoms with Crippen molar-refractivity contribution in [3.05, 3.63) is 40.9 Å². The zero-order valence-electron chi connectivity index (χ0n) is 10.4. The van der Waals surface area contributed by atoms with Crippen molar-refractivity contribution in [2.75, 3.05) is 11.9 Å². The second-order valence-corrected chi connectivity index (χ2v) is 4.43. The van der Waals surface area contributed by atoms with Crippen molar-refractivity contribution in [3.8, 4) is 0 Å². The van der Waals surface area contributed by atoms with Gasteiger partial charge >= 0.3 is 6.03 Å². The minimum atomic E-state index is -0.278. The van der Waals surface area contributed by atoms with Crippen LogP contribution in [0.3, 0.4) is 0 Å². The van der Waals surface area contributed by atoms with Gasteiger partial charge in [-0.1, -0.05) is 17.7 Å². The Morgan fingerprint density at radius 1 is 1.47 bits per heavy atom. The second kappa shape index (κ2) is 6.19. The molecule has 0 aliphatic heterocycles. The van der Waals surface area contributed by atoms with E-state index in [4.69, 9.17) is 11.6 Å². The van der Waals surface area contributed by atoms with Crippen LogP contribution in [0.2, 0.25) is 5.02 Å². The van der Waals surface area contributed by atoms with Crippen LogP contribution >= 0.6 is 11.6 Å². The van der Waals surface area contributed by atoms with Gasteiger partial charge in [0.1, 0.15) is 12.2 Å². The van der Waals surface area contributed by atoms with Gasteiger partial charge < -0.3 is 10.6 Å². The van der Waals surface area contributed by atoms with E-state index in [0.29, 0.717) is 23.7 Å². The fourth-order valence-electron chi connectivity index (χ4n) is 1.49. The first-order valence-corrected chi connectivity index (χ1v) is 6.18. The largest absolute Gasteiger partial charge is 0.337 e. The van der Waals surface area contributed by atoms with E-state index in [9.17, 15) is 4.79 Å². The highest BCUT2D eigenvalue weighted by atomic mass is 35.5. The minimum Gasteiger partial charge on any atom is -0.337 e. The molecule has 2 amide bonds. The summed E-state index contributed by atoms with van der Waals surface area (Å²) in [5.74, 6) is 0.735. The Balaban J connectivity index is 1.79. The molecule has 0 aliphatic rings. The zero-order chi connectivity index (χ0) is 13.7. The summed E-state index contributed by atoms with van der Waals surface area (Å²) < 4.78 is 0. The number of urea groups is 1. The lowest BCUT2D eigenvalue weighted by molar-refractivity contribution is 0.252. The second-order valence-electron chi connectivity index (χ2n) is 4.03. The topological polar surface area (TPSA) is 82.7 Å². The molecule has 100 valence electrons. The quantitative estimate of drug-likeness (QED) is 0.802. The maximum absolute atomic E-state index is 11.6. The number of carbonyl (C=O) groups excluding carboxylic acids is 1. The summed E-state index contributed by atoms with van der Waals surface area (Å²) in [5, 5.41) is 12.5. The van der Waals surface area contributed by atoms with Gasteiger partial charge in [0, 0.05) is 23.7 Å². The van der Waals surface area contributed by atoms with Crippen LogP contribution in [-0.4, -0.2) is 27.8 Å². The highest BCUT2D eigenvalue weighted by molar-refractivity contribution is 6.31. The van der Waals surface area contributed by atoms with E-state index < -0.39 is 0 Å². The number of hydrogen-bond donors (Lipinski definition) is 3. The number of anilines is 1. The first-order chi connectivity index (χ1) is 9.15. The van der Waals surface area contributed by atoms with Gasteiger partial charge in [0.2, 0.25) is 0 Å². The molecule has 1 heterocycles. The number of benzene rings is 1. The van der Waals surface area contributed by atoms with E-state index in [1.54, 1.807) is 12.1 Å². The van der Waals surface area contributed by atoms with Gasteiger partial charge in [0.25, 0.3) is 0 Å². The summed E-state index contributed by atoms with van der Waals surface area (Å²) >= 11 is 5.98. The third kappa shape index (κ3) is 3.96. The Kier molecular flexibility index (Phi) is 4.35. The molecule has 0 bridgehead atoms. The van der Waals surface area contributed by atoms with Crippen LogP contribution in [-0.2, 0) is 6.42 Å². The average molecular weight is 280 g/mol. The molecule has 7 heteroatoms. The number of nitrogens with one attached hydrogen (secondary N) is 3. The van der Waals surface area contributed by atoms with Crippen molar-refractivity contribution in [1.82, 2.24) is 20.5 Å². The van der Waals surface area contributed by atoms with E-state index >= 15 is 0 Å². The molecule has 0 fully saturated rings. The van der Waals surface area contributed by atoms with Crippen LogP contribution in [0.25, 0.3) is 0 Å². The fourth-order valence-corrected chi connectivity index (χ4v) is 1.67. The smallest absolute Gasteiger partial charge is 0.319 e.